The number of nitrogens with zero attached hydrogens (tertiary/aromatic N) is 4. The molecule has 2 aromatic rings. The predicted octanol–water partition coefficient (Wildman–Crippen LogP) is 1.73. The Hall–Kier alpha value is -2.67. The third-order valence-corrected chi connectivity index (χ3v) is 4.55. The van der Waals surface area contributed by atoms with E-state index in [4.69, 9.17) is 11.6 Å². The molecule has 0 aliphatic carbocycles. The average molecular weight is 374 g/mol. The van der Waals surface area contributed by atoms with Crippen molar-refractivity contribution in [2.24, 2.45) is 0 Å². The van der Waals surface area contributed by atoms with Crippen LogP contribution in [-0.2, 0) is 11.3 Å². The Morgan fingerprint density at radius 1 is 1.12 bits per heavy atom. The van der Waals surface area contributed by atoms with Crippen molar-refractivity contribution in [2.45, 2.75) is 13.5 Å². The highest BCUT2D eigenvalue weighted by Gasteiger charge is 2.20. The number of benzene rings is 1. The number of carbonyl (C=O) groups excluding carboxylic acids is 2. The van der Waals surface area contributed by atoms with Crippen molar-refractivity contribution in [2.75, 3.05) is 31.1 Å². The molecule has 2 heterocycles. The molecule has 1 saturated heterocycles. The molecule has 0 saturated carbocycles. The Morgan fingerprint density at radius 3 is 2.46 bits per heavy atom. The molecule has 136 valence electrons. The number of hydrogen-bond acceptors (Lipinski definition) is 5. The summed E-state index contributed by atoms with van der Waals surface area (Å²) in [7, 11) is 0. The van der Waals surface area contributed by atoms with Gasteiger partial charge >= 0.3 is 0 Å². The summed E-state index contributed by atoms with van der Waals surface area (Å²) in [5, 5.41) is 3.50. The quantitative estimate of drug-likeness (QED) is 0.883. The molecule has 0 atom stereocenters. The molecule has 7 nitrogen and oxygen atoms in total. The van der Waals surface area contributed by atoms with Crippen molar-refractivity contribution in [1.29, 1.82) is 0 Å². The number of rotatable bonds is 4. The van der Waals surface area contributed by atoms with Gasteiger partial charge in [-0.25, -0.2) is 9.97 Å². The molecule has 0 bridgehead atoms. The van der Waals surface area contributed by atoms with E-state index in [9.17, 15) is 9.59 Å². The molecule has 0 radical (unpaired) electrons. The second-order valence-corrected chi connectivity index (χ2v) is 6.50. The molecule has 1 aromatic heterocycles. The Kier molecular flexibility index (Phi) is 5.68. The molecular formula is C18H20ClN5O2. The van der Waals surface area contributed by atoms with Gasteiger partial charge in [0.1, 0.15) is 17.8 Å². The highest BCUT2D eigenvalue weighted by molar-refractivity contribution is 6.30. The Bertz CT molecular complexity index is 788. The monoisotopic (exact) mass is 373 g/mol. The minimum atomic E-state index is -0.258. The first-order valence-electron chi connectivity index (χ1n) is 8.38. The molecule has 26 heavy (non-hydrogen) atoms. The lowest BCUT2D eigenvalue weighted by Crippen LogP contribution is -2.48. The van der Waals surface area contributed by atoms with E-state index in [2.05, 4.69) is 20.2 Å². The van der Waals surface area contributed by atoms with Gasteiger partial charge in [0.25, 0.3) is 5.91 Å². The van der Waals surface area contributed by atoms with Crippen LogP contribution in [-0.4, -0.2) is 52.9 Å². The number of halogens is 1. The zero-order valence-electron chi connectivity index (χ0n) is 14.5. The summed E-state index contributed by atoms with van der Waals surface area (Å²) < 4.78 is 0. The molecular weight excluding hydrogens is 354 g/mol. The highest BCUT2D eigenvalue weighted by Crippen LogP contribution is 2.14. The summed E-state index contributed by atoms with van der Waals surface area (Å²) in [4.78, 5) is 36.0. The van der Waals surface area contributed by atoms with Crippen LogP contribution in [0, 0.1) is 0 Å². The number of piperazine rings is 1. The van der Waals surface area contributed by atoms with Gasteiger partial charge in [-0.3, -0.25) is 9.59 Å². The van der Waals surface area contributed by atoms with Crippen LogP contribution < -0.4 is 10.2 Å². The highest BCUT2D eigenvalue weighted by atomic mass is 35.5. The standard InChI is InChI=1S/C18H20ClN5O2/c1-13(25)23-6-8-24(9-7-23)17-10-16(21-12-22-17)18(26)20-11-14-2-4-15(19)5-3-14/h2-5,10,12H,6-9,11H2,1H3,(H,20,26). The maximum Gasteiger partial charge on any atom is 0.270 e. The largest absolute Gasteiger partial charge is 0.353 e. The first-order chi connectivity index (χ1) is 12.5. The maximum absolute atomic E-state index is 12.4. The summed E-state index contributed by atoms with van der Waals surface area (Å²) >= 11 is 5.86. The van der Waals surface area contributed by atoms with Gasteiger partial charge in [-0.2, -0.15) is 0 Å². The third kappa shape index (κ3) is 4.49. The van der Waals surface area contributed by atoms with Crippen LogP contribution in [0.5, 0.6) is 0 Å². The number of aromatic nitrogens is 2. The van der Waals surface area contributed by atoms with E-state index in [0.717, 1.165) is 5.56 Å². The van der Waals surface area contributed by atoms with Crippen molar-refractivity contribution < 1.29 is 9.59 Å². The van der Waals surface area contributed by atoms with Gasteiger partial charge in [0.2, 0.25) is 5.91 Å². The third-order valence-electron chi connectivity index (χ3n) is 4.30. The molecule has 1 aliphatic rings. The Balaban J connectivity index is 1.60. The van der Waals surface area contributed by atoms with Crippen molar-refractivity contribution in [3.8, 4) is 0 Å². The Labute approximate surface area is 157 Å². The van der Waals surface area contributed by atoms with Crippen LogP contribution in [0.15, 0.2) is 36.7 Å². The van der Waals surface area contributed by atoms with Crippen molar-refractivity contribution in [3.63, 3.8) is 0 Å². The summed E-state index contributed by atoms with van der Waals surface area (Å²) in [5.74, 6) is 0.514. The second-order valence-electron chi connectivity index (χ2n) is 6.06. The molecule has 2 amide bonds. The van der Waals surface area contributed by atoms with Crippen LogP contribution in [0.4, 0.5) is 5.82 Å². The normalized spacial score (nSPS) is 14.2. The zero-order valence-corrected chi connectivity index (χ0v) is 15.2. The van der Waals surface area contributed by atoms with E-state index in [1.165, 1.54) is 6.33 Å². The number of amides is 2. The fraction of sp³-hybridized carbons (Fsp3) is 0.333. The Morgan fingerprint density at radius 2 is 1.81 bits per heavy atom. The minimum absolute atomic E-state index is 0.0783. The van der Waals surface area contributed by atoms with Crippen LogP contribution in [0.2, 0.25) is 5.02 Å². The van der Waals surface area contributed by atoms with Crippen molar-refractivity contribution >= 4 is 29.2 Å². The number of anilines is 1. The van der Waals surface area contributed by atoms with E-state index in [0.29, 0.717) is 49.3 Å². The van der Waals surface area contributed by atoms with Crippen molar-refractivity contribution in [1.82, 2.24) is 20.2 Å². The van der Waals surface area contributed by atoms with Gasteiger partial charge in [0, 0.05) is 50.7 Å². The first-order valence-corrected chi connectivity index (χ1v) is 8.76. The molecule has 1 aliphatic heterocycles. The van der Waals surface area contributed by atoms with Gasteiger partial charge in [0.05, 0.1) is 0 Å². The fourth-order valence-electron chi connectivity index (χ4n) is 2.77. The number of carbonyl (C=O) groups is 2. The first kappa shape index (κ1) is 18.1. The lowest BCUT2D eigenvalue weighted by atomic mass is 10.2. The topological polar surface area (TPSA) is 78.4 Å². The molecule has 0 unspecified atom stereocenters. The van der Waals surface area contributed by atoms with E-state index in [-0.39, 0.29) is 11.8 Å². The van der Waals surface area contributed by atoms with Gasteiger partial charge in [-0.15, -0.1) is 0 Å². The molecule has 1 aromatic carbocycles. The fourth-order valence-corrected chi connectivity index (χ4v) is 2.90. The van der Waals surface area contributed by atoms with Crippen LogP contribution in [0.25, 0.3) is 0 Å². The molecule has 0 spiro atoms. The lowest BCUT2D eigenvalue weighted by molar-refractivity contribution is -0.129. The average Bonchev–Trinajstić information content (AvgIpc) is 2.67. The van der Waals surface area contributed by atoms with E-state index in [1.807, 2.05) is 12.1 Å². The van der Waals surface area contributed by atoms with Gasteiger partial charge < -0.3 is 15.1 Å². The number of nitrogens with one attached hydrogen (secondary N) is 1. The summed E-state index contributed by atoms with van der Waals surface area (Å²) in [6, 6.07) is 8.98. The van der Waals surface area contributed by atoms with Crippen LogP contribution in [0.1, 0.15) is 23.0 Å². The van der Waals surface area contributed by atoms with Crippen LogP contribution in [0.3, 0.4) is 0 Å². The van der Waals surface area contributed by atoms with Crippen molar-refractivity contribution in [3.05, 3.63) is 52.9 Å². The van der Waals surface area contributed by atoms with Crippen LogP contribution >= 0.6 is 11.6 Å². The second kappa shape index (κ2) is 8.14. The number of hydrogen-bond donors (Lipinski definition) is 1. The van der Waals surface area contributed by atoms with Gasteiger partial charge in [-0.1, -0.05) is 23.7 Å². The summed E-state index contributed by atoms with van der Waals surface area (Å²) in [6.07, 6.45) is 1.39. The zero-order chi connectivity index (χ0) is 18.5. The molecule has 1 fully saturated rings. The van der Waals surface area contributed by atoms with E-state index >= 15 is 0 Å². The molecule has 8 heteroatoms. The smallest absolute Gasteiger partial charge is 0.270 e. The molecule has 3 rings (SSSR count). The maximum atomic E-state index is 12.4. The summed E-state index contributed by atoms with van der Waals surface area (Å²) in [6.45, 7) is 4.63. The summed E-state index contributed by atoms with van der Waals surface area (Å²) in [5.41, 5.74) is 1.27. The SMILES string of the molecule is CC(=O)N1CCN(c2cc(C(=O)NCc3ccc(Cl)cc3)ncn2)CC1. The molecule has 1 N–H and O–H groups in total. The lowest BCUT2D eigenvalue weighted by Gasteiger charge is -2.34. The van der Waals surface area contributed by atoms with Gasteiger partial charge in [-0.05, 0) is 17.7 Å². The van der Waals surface area contributed by atoms with E-state index in [1.54, 1.807) is 30.0 Å². The van der Waals surface area contributed by atoms with E-state index < -0.39 is 0 Å². The predicted molar refractivity (Wildman–Crippen MR) is 99.1 cm³/mol. The minimum Gasteiger partial charge on any atom is -0.353 e. The van der Waals surface area contributed by atoms with Gasteiger partial charge in [0.15, 0.2) is 0 Å².